The summed E-state index contributed by atoms with van der Waals surface area (Å²) in [6.07, 6.45) is 1.91. The second-order valence-corrected chi connectivity index (χ2v) is 6.76. The van der Waals surface area contributed by atoms with Crippen molar-refractivity contribution in [2.75, 3.05) is 13.2 Å². The van der Waals surface area contributed by atoms with Crippen molar-refractivity contribution in [3.05, 3.63) is 57.6 Å². The molecule has 0 aliphatic carbocycles. The molecule has 108 valence electrons. The largest absolute Gasteiger partial charge is 0.493 e. The molecule has 1 unspecified atom stereocenters. The lowest BCUT2D eigenvalue weighted by atomic mass is 9.99. The van der Waals surface area contributed by atoms with Crippen LogP contribution in [0.25, 0.3) is 0 Å². The van der Waals surface area contributed by atoms with E-state index < -0.39 is 0 Å². The van der Waals surface area contributed by atoms with Crippen LogP contribution in [-0.4, -0.2) is 13.2 Å². The summed E-state index contributed by atoms with van der Waals surface area (Å²) in [5, 5.41) is 0.767. The number of hydrogen-bond acceptors (Lipinski definition) is 2. The first-order valence-corrected chi connectivity index (χ1v) is 8.36. The average molecular weight is 366 g/mol. The van der Waals surface area contributed by atoms with Crippen LogP contribution in [0.1, 0.15) is 27.1 Å². The normalized spacial score (nSPS) is 16.9. The lowest BCUT2D eigenvalue weighted by molar-refractivity contribution is 0.354. The van der Waals surface area contributed by atoms with Crippen LogP contribution in [0.2, 0.25) is 5.02 Å². The maximum absolute atomic E-state index is 6.26. The SMILES string of the molecule is Clc1cc2c(c(C(Br)c3ccc4c(c3)CCO4)c1)OCC2. The molecular weight excluding hydrogens is 352 g/mol. The van der Waals surface area contributed by atoms with Crippen molar-refractivity contribution < 1.29 is 9.47 Å². The zero-order chi connectivity index (χ0) is 14.4. The third kappa shape index (κ3) is 2.33. The van der Waals surface area contributed by atoms with E-state index in [1.54, 1.807) is 0 Å². The Labute approximate surface area is 137 Å². The molecule has 2 aromatic rings. The van der Waals surface area contributed by atoms with E-state index in [1.165, 1.54) is 16.7 Å². The summed E-state index contributed by atoms with van der Waals surface area (Å²) in [4.78, 5) is 0.0777. The molecule has 2 aromatic carbocycles. The molecule has 0 bridgehead atoms. The summed E-state index contributed by atoms with van der Waals surface area (Å²) < 4.78 is 11.4. The Morgan fingerprint density at radius 3 is 2.71 bits per heavy atom. The van der Waals surface area contributed by atoms with Gasteiger partial charge in [-0.15, -0.1) is 0 Å². The Bertz CT molecular complexity index is 714. The molecule has 1 atom stereocenters. The van der Waals surface area contributed by atoms with Gasteiger partial charge >= 0.3 is 0 Å². The molecule has 2 aliphatic heterocycles. The van der Waals surface area contributed by atoms with Gasteiger partial charge in [0, 0.05) is 23.4 Å². The zero-order valence-electron chi connectivity index (χ0n) is 11.4. The molecule has 21 heavy (non-hydrogen) atoms. The minimum Gasteiger partial charge on any atom is -0.493 e. The van der Waals surface area contributed by atoms with Gasteiger partial charge in [0.05, 0.1) is 18.0 Å². The zero-order valence-corrected chi connectivity index (χ0v) is 13.7. The summed E-state index contributed by atoms with van der Waals surface area (Å²) in [6, 6.07) is 10.4. The molecule has 0 N–H and O–H groups in total. The number of hydrogen-bond donors (Lipinski definition) is 0. The van der Waals surface area contributed by atoms with E-state index in [4.69, 9.17) is 21.1 Å². The lowest BCUT2D eigenvalue weighted by Gasteiger charge is -2.16. The van der Waals surface area contributed by atoms with E-state index in [0.717, 1.165) is 48.1 Å². The van der Waals surface area contributed by atoms with E-state index in [1.807, 2.05) is 12.1 Å². The van der Waals surface area contributed by atoms with Gasteiger partial charge in [0.2, 0.25) is 0 Å². The van der Waals surface area contributed by atoms with Crippen molar-refractivity contribution in [2.45, 2.75) is 17.7 Å². The lowest BCUT2D eigenvalue weighted by Crippen LogP contribution is -1.98. The van der Waals surface area contributed by atoms with Crippen molar-refractivity contribution in [3.8, 4) is 11.5 Å². The summed E-state index contributed by atoms with van der Waals surface area (Å²) >= 11 is 10.1. The summed E-state index contributed by atoms with van der Waals surface area (Å²) in [5.41, 5.74) is 4.79. The molecule has 0 radical (unpaired) electrons. The molecule has 0 fully saturated rings. The maximum atomic E-state index is 6.26. The second-order valence-electron chi connectivity index (χ2n) is 5.41. The Hall–Kier alpha value is -1.19. The monoisotopic (exact) mass is 364 g/mol. The highest BCUT2D eigenvalue weighted by Gasteiger charge is 2.24. The van der Waals surface area contributed by atoms with Gasteiger partial charge in [-0.05, 0) is 34.9 Å². The fraction of sp³-hybridized carbons (Fsp3) is 0.294. The Morgan fingerprint density at radius 2 is 1.81 bits per heavy atom. The van der Waals surface area contributed by atoms with Crippen molar-refractivity contribution in [3.63, 3.8) is 0 Å². The second kappa shape index (κ2) is 5.22. The number of ether oxygens (including phenoxy) is 2. The van der Waals surface area contributed by atoms with Crippen LogP contribution in [0.5, 0.6) is 11.5 Å². The minimum atomic E-state index is 0.0777. The molecule has 2 aliphatic rings. The molecule has 0 saturated heterocycles. The first-order valence-electron chi connectivity index (χ1n) is 7.07. The maximum Gasteiger partial charge on any atom is 0.127 e. The van der Waals surface area contributed by atoms with Crippen molar-refractivity contribution in [1.29, 1.82) is 0 Å². The fourth-order valence-electron chi connectivity index (χ4n) is 3.03. The molecular formula is C17H14BrClO2. The molecule has 0 amide bonds. The van der Waals surface area contributed by atoms with Crippen LogP contribution < -0.4 is 9.47 Å². The molecule has 0 spiro atoms. The molecule has 4 rings (SSSR count). The van der Waals surface area contributed by atoms with Gasteiger partial charge in [0.25, 0.3) is 0 Å². The van der Waals surface area contributed by atoms with E-state index in [2.05, 4.69) is 34.1 Å². The molecule has 0 aromatic heterocycles. The quantitative estimate of drug-likeness (QED) is 0.719. The Balaban J connectivity index is 1.77. The van der Waals surface area contributed by atoms with Gasteiger partial charge in [-0.2, -0.15) is 0 Å². The predicted octanol–water partition coefficient (Wildman–Crippen LogP) is 4.69. The average Bonchev–Trinajstić information content (AvgIpc) is 3.12. The molecule has 0 saturated carbocycles. The van der Waals surface area contributed by atoms with Gasteiger partial charge in [-0.1, -0.05) is 39.7 Å². The van der Waals surface area contributed by atoms with E-state index in [-0.39, 0.29) is 4.83 Å². The van der Waals surface area contributed by atoms with Crippen molar-refractivity contribution in [2.24, 2.45) is 0 Å². The van der Waals surface area contributed by atoms with Gasteiger partial charge in [0.1, 0.15) is 11.5 Å². The number of benzene rings is 2. The van der Waals surface area contributed by atoms with Gasteiger partial charge in [-0.3, -0.25) is 0 Å². The minimum absolute atomic E-state index is 0.0777. The van der Waals surface area contributed by atoms with Crippen molar-refractivity contribution >= 4 is 27.5 Å². The predicted molar refractivity (Wildman–Crippen MR) is 87.1 cm³/mol. The van der Waals surface area contributed by atoms with Gasteiger partial charge < -0.3 is 9.47 Å². The topological polar surface area (TPSA) is 18.5 Å². The van der Waals surface area contributed by atoms with E-state index in [0.29, 0.717) is 0 Å². The number of alkyl halides is 1. The highest BCUT2D eigenvalue weighted by atomic mass is 79.9. The van der Waals surface area contributed by atoms with Crippen LogP contribution >= 0.6 is 27.5 Å². The van der Waals surface area contributed by atoms with Gasteiger partial charge in [-0.25, -0.2) is 0 Å². The highest BCUT2D eigenvalue weighted by Crippen LogP contribution is 2.43. The molecule has 4 heteroatoms. The summed E-state index contributed by atoms with van der Waals surface area (Å²) in [5.74, 6) is 1.99. The summed E-state index contributed by atoms with van der Waals surface area (Å²) in [6.45, 7) is 1.52. The summed E-state index contributed by atoms with van der Waals surface area (Å²) in [7, 11) is 0. The number of rotatable bonds is 2. The third-order valence-electron chi connectivity index (χ3n) is 4.06. The fourth-order valence-corrected chi connectivity index (χ4v) is 3.90. The Kier molecular flexibility index (Phi) is 3.35. The number of halogens is 2. The van der Waals surface area contributed by atoms with Crippen LogP contribution in [0.4, 0.5) is 0 Å². The van der Waals surface area contributed by atoms with Crippen molar-refractivity contribution in [1.82, 2.24) is 0 Å². The smallest absolute Gasteiger partial charge is 0.127 e. The third-order valence-corrected chi connectivity index (χ3v) is 5.30. The van der Waals surface area contributed by atoms with E-state index in [9.17, 15) is 0 Å². The van der Waals surface area contributed by atoms with Crippen LogP contribution in [0.15, 0.2) is 30.3 Å². The van der Waals surface area contributed by atoms with Crippen LogP contribution in [0.3, 0.4) is 0 Å². The Morgan fingerprint density at radius 1 is 1.00 bits per heavy atom. The van der Waals surface area contributed by atoms with E-state index >= 15 is 0 Å². The van der Waals surface area contributed by atoms with Gasteiger partial charge in [0.15, 0.2) is 0 Å². The molecule has 2 heterocycles. The first-order chi connectivity index (χ1) is 10.2. The highest BCUT2D eigenvalue weighted by molar-refractivity contribution is 9.09. The first kappa shape index (κ1) is 13.5. The van der Waals surface area contributed by atoms with Crippen LogP contribution in [0, 0.1) is 0 Å². The standard InChI is InChI=1S/C17H14BrClO2/c18-16(11-1-2-15-10(7-11)3-5-20-15)14-9-13(19)8-12-4-6-21-17(12)14/h1-2,7-9,16H,3-6H2. The number of fused-ring (bicyclic) bond motifs is 2. The molecule has 2 nitrogen and oxygen atoms in total. The van der Waals surface area contributed by atoms with Crippen LogP contribution in [-0.2, 0) is 12.8 Å².